The van der Waals surface area contributed by atoms with E-state index in [2.05, 4.69) is 10.2 Å². The van der Waals surface area contributed by atoms with Crippen molar-refractivity contribution in [2.24, 2.45) is 0 Å². The van der Waals surface area contributed by atoms with Crippen LogP contribution in [0.5, 0.6) is 0 Å². The van der Waals surface area contributed by atoms with Crippen molar-refractivity contribution in [3.8, 4) is 0 Å². The minimum atomic E-state index is -1.11. The number of carbonyl (C=O) groups is 1. The number of nitrogens with zero attached hydrogens (tertiary/aromatic N) is 1. The van der Waals surface area contributed by atoms with Crippen LogP contribution in [0.25, 0.3) is 0 Å². The molecule has 2 fully saturated rings. The average molecular weight is 264 g/mol. The minimum absolute atomic E-state index is 0.0194. The highest BCUT2D eigenvalue weighted by Gasteiger charge is 2.34. The SMILES string of the molecule is O=C(O)c1ccc(NC2CCN(C3CC3)C2)c(F)c1. The third kappa shape index (κ3) is 2.71. The largest absolute Gasteiger partial charge is 0.478 e. The van der Waals surface area contributed by atoms with Gasteiger partial charge in [0, 0.05) is 25.2 Å². The van der Waals surface area contributed by atoms with Gasteiger partial charge >= 0.3 is 5.97 Å². The summed E-state index contributed by atoms with van der Waals surface area (Å²) in [6.07, 6.45) is 3.58. The predicted octanol–water partition coefficient (Wildman–Crippen LogP) is 2.17. The van der Waals surface area contributed by atoms with Gasteiger partial charge in [0.2, 0.25) is 0 Å². The monoisotopic (exact) mass is 264 g/mol. The zero-order chi connectivity index (χ0) is 13.4. The van der Waals surface area contributed by atoms with Gasteiger partial charge in [0.05, 0.1) is 11.3 Å². The van der Waals surface area contributed by atoms with Crippen LogP contribution in [0.2, 0.25) is 0 Å². The van der Waals surface area contributed by atoms with Gasteiger partial charge in [-0.05, 0) is 37.5 Å². The standard InChI is InChI=1S/C14H17FN2O2/c15-12-7-9(14(18)19)1-4-13(12)16-10-5-6-17(8-10)11-2-3-11/h1,4,7,10-11,16H,2-3,5-6,8H2,(H,18,19). The van der Waals surface area contributed by atoms with Gasteiger partial charge < -0.3 is 10.4 Å². The fraction of sp³-hybridized carbons (Fsp3) is 0.500. The second kappa shape index (κ2) is 4.81. The molecular weight excluding hydrogens is 247 g/mol. The maximum Gasteiger partial charge on any atom is 0.335 e. The number of hydrogen-bond donors (Lipinski definition) is 2. The first-order valence-electron chi connectivity index (χ1n) is 6.67. The number of halogens is 1. The molecule has 5 heteroatoms. The van der Waals surface area contributed by atoms with Gasteiger partial charge in [-0.3, -0.25) is 4.90 Å². The molecule has 1 aromatic carbocycles. The summed E-state index contributed by atoms with van der Waals surface area (Å²) in [5, 5.41) is 12.0. The van der Waals surface area contributed by atoms with E-state index in [0.29, 0.717) is 5.69 Å². The van der Waals surface area contributed by atoms with Crippen molar-refractivity contribution in [2.45, 2.75) is 31.3 Å². The molecular formula is C14H17FN2O2. The normalized spacial score (nSPS) is 23.5. The summed E-state index contributed by atoms with van der Waals surface area (Å²) in [6.45, 7) is 2.02. The second-order valence-corrected chi connectivity index (χ2v) is 5.36. The van der Waals surface area contributed by atoms with Crippen molar-refractivity contribution in [1.29, 1.82) is 0 Å². The molecule has 19 heavy (non-hydrogen) atoms. The molecule has 1 unspecified atom stereocenters. The first-order valence-corrected chi connectivity index (χ1v) is 6.67. The smallest absolute Gasteiger partial charge is 0.335 e. The van der Waals surface area contributed by atoms with Crippen LogP contribution in [0.1, 0.15) is 29.6 Å². The van der Waals surface area contributed by atoms with E-state index in [9.17, 15) is 9.18 Å². The number of carboxylic acid groups (broad SMARTS) is 1. The number of hydrogen-bond acceptors (Lipinski definition) is 3. The van der Waals surface area contributed by atoms with Crippen LogP contribution in [-0.4, -0.2) is 41.1 Å². The molecule has 1 aliphatic carbocycles. The average Bonchev–Trinajstić information content (AvgIpc) is 3.12. The van der Waals surface area contributed by atoms with E-state index in [4.69, 9.17) is 5.11 Å². The first kappa shape index (κ1) is 12.4. The highest BCUT2D eigenvalue weighted by atomic mass is 19.1. The van der Waals surface area contributed by atoms with Crippen molar-refractivity contribution in [1.82, 2.24) is 4.90 Å². The number of carboxylic acids is 1. The van der Waals surface area contributed by atoms with E-state index in [1.165, 1.54) is 25.0 Å². The van der Waals surface area contributed by atoms with Crippen LogP contribution >= 0.6 is 0 Å². The van der Waals surface area contributed by atoms with Gasteiger partial charge in [0.25, 0.3) is 0 Å². The number of rotatable bonds is 4. The van der Waals surface area contributed by atoms with E-state index < -0.39 is 11.8 Å². The third-order valence-electron chi connectivity index (χ3n) is 3.86. The lowest BCUT2D eigenvalue weighted by Crippen LogP contribution is -2.28. The van der Waals surface area contributed by atoms with Crippen LogP contribution < -0.4 is 5.32 Å². The maximum absolute atomic E-state index is 13.8. The lowest BCUT2D eigenvalue weighted by molar-refractivity contribution is 0.0696. The molecule has 0 aromatic heterocycles. The molecule has 4 nitrogen and oxygen atoms in total. The van der Waals surface area contributed by atoms with Crippen LogP contribution in [0.15, 0.2) is 18.2 Å². The molecule has 1 heterocycles. The molecule has 1 saturated carbocycles. The molecule has 1 aliphatic heterocycles. The Morgan fingerprint density at radius 3 is 2.79 bits per heavy atom. The number of likely N-dealkylation sites (tertiary alicyclic amines) is 1. The summed E-state index contributed by atoms with van der Waals surface area (Å²) in [6, 6.07) is 5.01. The second-order valence-electron chi connectivity index (χ2n) is 5.36. The summed E-state index contributed by atoms with van der Waals surface area (Å²) < 4.78 is 13.8. The van der Waals surface area contributed by atoms with Crippen molar-refractivity contribution in [3.05, 3.63) is 29.6 Å². The number of benzene rings is 1. The molecule has 2 aliphatic rings. The summed E-state index contributed by atoms with van der Waals surface area (Å²) in [4.78, 5) is 13.2. The summed E-state index contributed by atoms with van der Waals surface area (Å²) in [7, 11) is 0. The lowest BCUT2D eigenvalue weighted by atomic mass is 10.1. The van der Waals surface area contributed by atoms with Gasteiger partial charge in [-0.1, -0.05) is 0 Å². The number of nitrogens with one attached hydrogen (secondary N) is 1. The molecule has 1 atom stereocenters. The van der Waals surface area contributed by atoms with Gasteiger partial charge in [0.15, 0.2) is 0 Å². The summed E-state index contributed by atoms with van der Waals surface area (Å²) in [5.41, 5.74) is 0.377. The Morgan fingerprint density at radius 2 is 2.16 bits per heavy atom. The van der Waals surface area contributed by atoms with Crippen molar-refractivity contribution >= 4 is 11.7 Å². The maximum atomic E-state index is 13.8. The van der Waals surface area contributed by atoms with Crippen LogP contribution in [0.4, 0.5) is 10.1 Å². The fourth-order valence-electron chi connectivity index (χ4n) is 2.66. The molecule has 102 valence electrons. The fourth-order valence-corrected chi connectivity index (χ4v) is 2.66. The molecule has 2 N–H and O–H groups in total. The Hall–Kier alpha value is -1.62. The summed E-state index contributed by atoms with van der Waals surface area (Å²) in [5.74, 6) is -1.60. The Bertz CT molecular complexity index is 502. The van der Waals surface area contributed by atoms with E-state index in [1.54, 1.807) is 0 Å². The number of aromatic carboxylic acids is 1. The van der Waals surface area contributed by atoms with Crippen molar-refractivity contribution in [3.63, 3.8) is 0 Å². The van der Waals surface area contributed by atoms with Crippen molar-refractivity contribution < 1.29 is 14.3 Å². The molecule has 0 spiro atoms. The Balaban J connectivity index is 1.65. The third-order valence-corrected chi connectivity index (χ3v) is 3.86. The molecule has 1 aromatic rings. The Labute approximate surface area is 111 Å². The highest BCUT2D eigenvalue weighted by Crippen LogP contribution is 2.30. The topological polar surface area (TPSA) is 52.6 Å². The highest BCUT2D eigenvalue weighted by molar-refractivity contribution is 5.88. The van der Waals surface area contributed by atoms with Crippen LogP contribution in [0.3, 0.4) is 0 Å². The zero-order valence-electron chi connectivity index (χ0n) is 10.6. The van der Waals surface area contributed by atoms with Crippen molar-refractivity contribution in [2.75, 3.05) is 18.4 Å². The number of anilines is 1. The Kier molecular flexibility index (Phi) is 3.14. The van der Waals surface area contributed by atoms with Crippen LogP contribution in [0, 0.1) is 5.82 Å². The van der Waals surface area contributed by atoms with Gasteiger partial charge in [-0.25, -0.2) is 9.18 Å². The predicted molar refractivity (Wildman–Crippen MR) is 70.0 cm³/mol. The molecule has 1 saturated heterocycles. The lowest BCUT2D eigenvalue weighted by Gasteiger charge is -2.17. The van der Waals surface area contributed by atoms with Gasteiger partial charge in [-0.2, -0.15) is 0 Å². The van der Waals surface area contributed by atoms with Gasteiger partial charge in [0.1, 0.15) is 5.82 Å². The molecule has 0 radical (unpaired) electrons. The van der Waals surface area contributed by atoms with E-state index >= 15 is 0 Å². The van der Waals surface area contributed by atoms with Crippen LogP contribution in [-0.2, 0) is 0 Å². The quantitative estimate of drug-likeness (QED) is 0.875. The van der Waals surface area contributed by atoms with E-state index in [1.807, 2.05) is 0 Å². The van der Waals surface area contributed by atoms with E-state index in [0.717, 1.165) is 31.6 Å². The minimum Gasteiger partial charge on any atom is -0.478 e. The van der Waals surface area contributed by atoms with Gasteiger partial charge in [-0.15, -0.1) is 0 Å². The Morgan fingerprint density at radius 1 is 1.37 bits per heavy atom. The summed E-state index contributed by atoms with van der Waals surface area (Å²) >= 11 is 0. The molecule has 0 bridgehead atoms. The van der Waals surface area contributed by atoms with E-state index in [-0.39, 0.29) is 11.6 Å². The first-order chi connectivity index (χ1) is 9.13. The molecule has 3 rings (SSSR count). The molecule has 0 amide bonds. The zero-order valence-corrected chi connectivity index (χ0v) is 10.6.